The Labute approximate surface area is 158 Å². The summed E-state index contributed by atoms with van der Waals surface area (Å²) in [6.07, 6.45) is -4.85. The number of benzene rings is 2. The fourth-order valence-electron chi connectivity index (χ4n) is 1.84. The molecule has 0 aliphatic carbocycles. The Morgan fingerprint density at radius 3 is 2.11 bits per heavy atom. The molecule has 0 atom stereocenters. The van der Waals surface area contributed by atoms with E-state index < -0.39 is 42.2 Å². The summed E-state index contributed by atoms with van der Waals surface area (Å²) in [5, 5.41) is 10.9. The molecular weight excluding hydrogens is 464 g/mol. The lowest BCUT2D eigenvalue weighted by Crippen LogP contribution is -2.40. The van der Waals surface area contributed by atoms with Gasteiger partial charge in [0.15, 0.2) is 4.90 Å². The predicted molar refractivity (Wildman–Crippen MR) is 89.8 cm³/mol. The summed E-state index contributed by atoms with van der Waals surface area (Å²) in [7, 11) is -4.37. The summed E-state index contributed by atoms with van der Waals surface area (Å²) in [5.41, 5.74) is -0.821. The Bertz CT molecular complexity index is 949. The number of sulfonamides is 1. The fourth-order valence-corrected chi connectivity index (χ4v) is 3.16. The second-order valence-corrected chi connectivity index (χ2v) is 7.62. The SMILES string of the molecule is O=[N+]([O-])c1ccccc1S(=O)(=O)Nc1ccc(OC(F)(F)C(F)(F)Br)cc1. The topological polar surface area (TPSA) is 98.5 Å². The molecule has 0 radical (unpaired) electrons. The highest BCUT2D eigenvalue weighted by Crippen LogP contribution is 2.40. The second-order valence-electron chi connectivity index (χ2n) is 4.97. The molecule has 2 aromatic carbocycles. The van der Waals surface area contributed by atoms with E-state index in [-0.39, 0.29) is 5.69 Å². The van der Waals surface area contributed by atoms with E-state index in [2.05, 4.69) is 4.74 Å². The number of nitrogens with zero attached hydrogens (tertiary/aromatic N) is 1. The first kappa shape index (κ1) is 20.9. The Balaban J connectivity index is 2.23. The van der Waals surface area contributed by atoms with Gasteiger partial charge in [-0.15, -0.1) is 0 Å². The summed E-state index contributed by atoms with van der Waals surface area (Å²) >= 11 is 1.50. The molecule has 27 heavy (non-hydrogen) atoms. The molecule has 0 aliphatic rings. The van der Waals surface area contributed by atoms with Crippen molar-refractivity contribution in [2.24, 2.45) is 0 Å². The molecule has 0 aromatic heterocycles. The van der Waals surface area contributed by atoms with Crippen LogP contribution in [0.25, 0.3) is 0 Å². The molecule has 0 amide bonds. The van der Waals surface area contributed by atoms with E-state index >= 15 is 0 Å². The number of nitrogens with one attached hydrogen (secondary N) is 1. The van der Waals surface area contributed by atoms with Crippen LogP contribution >= 0.6 is 15.9 Å². The van der Waals surface area contributed by atoms with E-state index in [0.29, 0.717) is 0 Å². The van der Waals surface area contributed by atoms with Crippen LogP contribution in [0.3, 0.4) is 0 Å². The Kier molecular flexibility index (Phi) is 5.65. The van der Waals surface area contributed by atoms with Crippen molar-refractivity contribution in [1.82, 2.24) is 0 Å². The smallest absolute Gasteiger partial charge is 0.427 e. The zero-order valence-corrected chi connectivity index (χ0v) is 15.3. The molecule has 0 bridgehead atoms. The van der Waals surface area contributed by atoms with Gasteiger partial charge in [0.2, 0.25) is 0 Å². The van der Waals surface area contributed by atoms with Crippen LogP contribution in [0, 0.1) is 10.1 Å². The molecule has 7 nitrogen and oxygen atoms in total. The van der Waals surface area contributed by atoms with Crippen molar-refractivity contribution < 1.29 is 35.6 Å². The van der Waals surface area contributed by atoms with Gasteiger partial charge >= 0.3 is 10.9 Å². The van der Waals surface area contributed by atoms with Crippen LogP contribution in [0.15, 0.2) is 53.4 Å². The molecule has 0 saturated heterocycles. The minimum absolute atomic E-state index is 0.158. The molecule has 0 saturated carbocycles. The van der Waals surface area contributed by atoms with Crippen molar-refractivity contribution in [2.75, 3.05) is 4.72 Å². The number of rotatable bonds is 7. The van der Waals surface area contributed by atoms with E-state index in [1.54, 1.807) is 0 Å². The number of nitro benzene ring substituents is 1. The third kappa shape index (κ3) is 4.86. The zero-order valence-electron chi connectivity index (χ0n) is 12.9. The average molecular weight is 473 g/mol. The van der Waals surface area contributed by atoms with Crippen molar-refractivity contribution in [3.8, 4) is 5.75 Å². The van der Waals surface area contributed by atoms with Crippen LogP contribution in [-0.4, -0.2) is 24.3 Å². The zero-order chi connectivity index (χ0) is 20.5. The summed E-state index contributed by atoms with van der Waals surface area (Å²) in [6, 6.07) is 8.14. The standard InChI is InChI=1S/C14H9BrF4N2O5S/c15-13(16,17)14(18,19)26-10-7-5-9(6-8-10)20-27(24,25)12-4-2-1-3-11(12)21(22)23/h1-8,20H. The molecule has 146 valence electrons. The quantitative estimate of drug-likeness (QED) is 0.279. The average Bonchev–Trinajstić information content (AvgIpc) is 2.55. The third-order valence-corrected chi connectivity index (χ3v) is 4.92. The lowest BCUT2D eigenvalue weighted by Gasteiger charge is -2.22. The molecule has 0 fully saturated rings. The van der Waals surface area contributed by atoms with Gasteiger partial charge in [-0.05, 0) is 30.3 Å². The van der Waals surface area contributed by atoms with Gasteiger partial charge in [0.05, 0.1) is 4.92 Å². The molecule has 0 spiro atoms. The number of ether oxygens (including phenoxy) is 1. The first-order valence-electron chi connectivity index (χ1n) is 6.83. The maximum absolute atomic E-state index is 13.1. The summed E-state index contributed by atoms with van der Waals surface area (Å²) in [6.45, 7) is 0. The minimum atomic E-state index is -4.85. The van der Waals surface area contributed by atoms with Gasteiger partial charge in [-0.1, -0.05) is 12.1 Å². The van der Waals surface area contributed by atoms with Crippen LogP contribution < -0.4 is 9.46 Å². The van der Waals surface area contributed by atoms with E-state index in [4.69, 9.17) is 0 Å². The molecule has 0 unspecified atom stereocenters. The lowest BCUT2D eigenvalue weighted by atomic mass is 10.3. The van der Waals surface area contributed by atoms with E-state index in [1.807, 2.05) is 4.72 Å². The predicted octanol–water partition coefficient (Wildman–Crippen LogP) is 4.35. The maximum atomic E-state index is 13.1. The summed E-state index contributed by atoms with van der Waals surface area (Å²) in [4.78, 5) is 4.83. The molecular formula is C14H9BrF4N2O5S. The van der Waals surface area contributed by atoms with Crippen molar-refractivity contribution in [3.63, 3.8) is 0 Å². The lowest BCUT2D eigenvalue weighted by molar-refractivity contribution is -0.387. The van der Waals surface area contributed by atoms with Crippen molar-refractivity contribution in [3.05, 3.63) is 58.6 Å². The Morgan fingerprint density at radius 2 is 1.59 bits per heavy atom. The van der Waals surface area contributed by atoms with Gasteiger partial charge in [0, 0.05) is 27.7 Å². The van der Waals surface area contributed by atoms with E-state index in [9.17, 15) is 36.1 Å². The van der Waals surface area contributed by atoms with Crippen LogP contribution in [-0.2, 0) is 10.0 Å². The van der Waals surface area contributed by atoms with Gasteiger partial charge < -0.3 is 4.74 Å². The summed E-state index contributed by atoms with van der Waals surface area (Å²) in [5.74, 6) is -0.659. The molecule has 2 rings (SSSR count). The van der Waals surface area contributed by atoms with Gasteiger partial charge in [-0.3, -0.25) is 14.8 Å². The van der Waals surface area contributed by atoms with Crippen LogP contribution in [0.4, 0.5) is 28.9 Å². The molecule has 13 heteroatoms. The van der Waals surface area contributed by atoms with E-state index in [0.717, 1.165) is 36.4 Å². The minimum Gasteiger partial charge on any atom is -0.427 e. The normalized spacial score (nSPS) is 12.5. The van der Waals surface area contributed by atoms with Crippen molar-refractivity contribution in [2.45, 2.75) is 15.8 Å². The maximum Gasteiger partial charge on any atom is 0.475 e. The molecule has 0 aliphatic heterocycles. The largest absolute Gasteiger partial charge is 0.475 e. The van der Waals surface area contributed by atoms with Gasteiger partial charge in [0.1, 0.15) is 5.75 Å². The van der Waals surface area contributed by atoms with Gasteiger partial charge in [0.25, 0.3) is 15.7 Å². The van der Waals surface area contributed by atoms with Crippen molar-refractivity contribution in [1.29, 1.82) is 0 Å². The van der Waals surface area contributed by atoms with Gasteiger partial charge in [-0.25, -0.2) is 8.42 Å². The van der Waals surface area contributed by atoms with Crippen LogP contribution in [0.2, 0.25) is 0 Å². The number of halogens is 5. The molecule has 0 heterocycles. The Morgan fingerprint density at radius 1 is 1.04 bits per heavy atom. The monoisotopic (exact) mass is 472 g/mol. The highest BCUT2D eigenvalue weighted by Gasteiger charge is 2.57. The number of nitro groups is 1. The Hall–Kier alpha value is -2.41. The summed E-state index contributed by atoms with van der Waals surface area (Å²) < 4.78 is 82.1. The first-order valence-corrected chi connectivity index (χ1v) is 9.11. The highest BCUT2D eigenvalue weighted by molar-refractivity contribution is 9.10. The van der Waals surface area contributed by atoms with Crippen molar-refractivity contribution >= 4 is 37.3 Å². The number of alkyl halides is 5. The molecule has 2 aromatic rings. The fraction of sp³-hybridized carbons (Fsp3) is 0.143. The second kappa shape index (κ2) is 7.31. The molecule has 1 N–H and O–H groups in total. The van der Waals surface area contributed by atoms with Crippen LogP contribution in [0.5, 0.6) is 5.75 Å². The first-order chi connectivity index (χ1) is 12.3. The number of hydrogen-bond donors (Lipinski definition) is 1. The number of hydrogen-bond acceptors (Lipinski definition) is 5. The number of para-hydroxylation sites is 1. The number of anilines is 1. The van der Waals surface area contributed by atoms with Gasteiger partial charge in [-0.2, -0.15) is 17.6 Å². The van der Waals surface area contributed by atoms with E-state index in [1.165, 1.54) is 28.1 Å². The van der Waals surface area contributed by atoms with Crippen LogP contribution in [0.1, 0.15) is 0 Å². The third-order valence-electron chi connectivity index (χ3n) is 3.03. The highest BCUT2D eigenvalue weighted by atomic mass is 79.9.